The van der Waals surface area contributed by atoms with Crippen LogP contribution >= 0.6 is 0 Å². The fourth-order valence-corrected chi connectivity index (χ4v) is 4.37. The van der Waals surface area contributed by atoms with Gasteiger partial charge in [-0.2, -0.15) is 0 Å². The molecule has 0 amide bonds. The number of piperazine rings is 1. The summed E-state index contributed by atoms with van der Waals surface area (Å²) >= 11 is 0. The van der Waals surface area contributed by atoms with Gasteiger partial charge in [0.15, 0.2) is 5.82 Å². The Morgan fingerprint density at radius 1 is 0.968 bits per heavy atom. The van der Waals surface area contributed by atoms with Gasteiger partial charge in [0.1, 0.15) is 0 Å². The lowest BCUT2D eigenvalue weighted by Crippen LogP contribution is -2.52. The molecule has 31 heavy (non-hydrogen) atoms. The average molecular weight is 417 g/mol. The van der Waals surface area contributed by atoms with Crippen LogP contribution in [0.1, 0.15) is 28.7 Å². The molecule has 3 aromatic rings. The first-order valence-electron chi connectivity index (χ1n) is 11.1. The first-order chi connectivity index (χ1) is 15.1. The van der Waals surface area contributed by atoms with Crippen molar-refractivity contribution < 1.29 is 5.11 Å². The molecule has 0 spiro atoms. The Labute approximate surface area is 185 Å². The summed E-state index contributed by atoms with van der Waals surface area (Å²) in [5.41, 5.74) is 6.10. The third kappa shape index (κ3) is 5.56. The molecule has 0 aliphatic carbocycles. The van der Waals surface area contributed by atoms with Crippen LogP contribution in [0, 0.1) is 13.8 Å². The maximum Gasteiger partial charge on any atom is 0.159 e. The van der Waals surface area contributed by atoms with E-state index in [4.69, 9.17) is 0 Å². The Balaban J connectivity index is 1.39. The molecule has 5 heteroatoms. The van der Waals surface area contributed by atoms with Crippen molar-refractivity contribution in [3.05, 3.63) is 83.2 Å². The van der Waals surface area contributed by atoms with Crippen LogP contribution in [-0.4, -0.2) is 57.2 Å². The van der Waals surface area contributed by atoms with Crippen molar-refractivity contribution >= 4 is 0 Å². The largest absolute Gasteiger partial charge is 0.396 e. The van der Waals surface area contributed by atoms with Crippen molar-refractivity contribution in [3.8, 4) is 11.4 Å². The number of aliphatic hydroxyl groups excluding tert-OH is 1. The van der Waals surface area contributed by atoms with Crippen LogP contribution in [0.15, 0.2) is 60.9 Å². The van der Waals surface area contributed by atoms with Crippen LogP contribution in [0.3, 0.4) is 0 Å². The second-order valence-corrected chi connectivity index (χ2v) is 8.58. The first-order valence-corrected chi connectivity index (χ1v) is 11.1. The van der Waals surface area contributed by atoms with Gasteiger partial charge in [-0.15, -0.1) is 0 Å². The highest BCUT2D eigenvalue weighted by Gasteiger charge is 2.27. The van der Waals surface area contributed by atoms with Gasteiger partial charge in [0.2, 0.25) is 0 Å². The normalized spacial score (nSPS) is 17.7. The van der Waals surface area contributed by atoms with E-state index in [1.165, 1.54) is 16.7 Å². The lowest BCUT2D eigenvalue weighted by Gasteiger charge is -2.41. The monoisotopic (exact) mass is 416 g/mol. The number of aryl methyl sites for hydroxylation is 2. The number of hydrogen-bond acceptors (Lipinski definition) is 5. The standard InChI is InChI=1S/C26H32N4O/c1-20-6-5-9-23(14-20)26-27-15-22(16-28-26)17-29-11-12-30(25(19-29)10-13-31)18-24-8-4-3-7-21(24)2/h3-9,14-16,25,31H,10-13,17-19H2,1-2H3/t25-/m1/s1. The van der Waals surface area contributed by atoms with E-state index >= 15 is 0 Å². The summed E-state index contributed by atoms with van der Waals surface area (Å²) in [6.45, 7) is 9.22. The predicted molar refractivity (Wildman–Crippen MR) is 125 cm³/mol. The summed E-state index contributed by atoms with van der Waals surface area (Å²) in [6.07, 6.45) is 4.70. The van der Waals surface area contributed by atoms with Gasteiger partial charge in [0, 0.05) is 68.9 Å². The average Bonchev–Trinajstić information content (AvgIpc) is 2.78. The highest BCUT2D eigenvalue weighted by Crippen LogP contribution is 2.20. The molecule has 0 unspecified atom stereocenters. The molecule has 2 aromatic carbocycles. The third-order valence-electron chi connectivity index (χ3n) is 6.17. The molecule has 5 nitrogen and oxygen atoms in total. The van der Waals surface area contributed by atoms with E-state index in [1.54, 1.807) is 0 Å². The maximum atomic E-state index is 9.63. The molecule has 0 radical (unpaired) electrons. The van der Waals surface area contributed by atoms with E-state index in [1.807, 2.05) is 18.5 Å². The van der Waals surface area contributed by atoms with Crippen LogP contribution in [0.5, 0.6) is 0 Å². The summed E-state index contributed by atoms with van der Waals surface area (Å²) in [4.78, 5) is 14.2. The van der Waals surface area contributed by atoms with Crippen LogP contribution in [0.2, 0.25) is 0 Å². The minimum atomic E-state index is 0.219. The topological polar surface area (TPSA) is 52.5 Å². The maximum absolute atomic E-state index is 9.63. The number of nitrogens with zero attached hydrogens (tertiary/aromatic N) is 4. The summed E-state index contributed by atoms with van der Waals surface area (Å²) in [6, 6.07) is 17.2. The molecule has 0 saturated carbocycles. The first kappa shape index (κ1) is 21.6. The van der Waals surface area contributed by atoms with E-state index in [0.717, 1.165) is 56.1 Å². The van der Waals surface area contributed by atoms with Gasteiger partial charge in [0.25, 0.3) is 0 Å². The Hall–Kier alpha value is -2.60. The third-order valence-corrected chi connectivity index (χ3v) is 6.17. The fraction of sp³-hybridized carbons (Fsp3) is 0.385. The van der Waals surface area contributed by atoms with Crippen molar-refractivity contribution in [2.45, 2.75) is 39.4 Å². The minimum absolute atomic E-state index is 0.219. The SMILES string of the molecule is Cc1cccc(-c2ncc(CN3CCN(Cc4ccccc4C)[C@H](CCO)C3)cn2)c1. The molecular formula is C26H32N4O. The number of rotatable bonds is 7. The second kappa shape index (κ2) is 10.1. The highest BCUT2D eigenvalue weighted by atomic mass is 16.3. The zero-order valence-corrected chi connectivity index (χ0v) is 18.5. The van der Waals surface area contributed by atoms with Crippen molar-refractivity contribution in [2.75, 3.05) is 26.2 Å². The molecule has 1 saturated heterocycles. The Morgan fingerprint density at radius 2 is 1.77 bits per heavy atom. The predicted octanol–water partition coefficient (Wildman–Crippen LogP) is 3.83. The van der Waals surface area contributed by atoms with E-state index < -0.39 is 0 Å². The molecule has 1 aliphatic heterocycles. The lowest BCUT2D eigenvalue weighted by atomic mass is 10.0. The molecule has 1 atom stereocenters. The molecule has 1 N–H and O–H groups in total. The van der Waals surface area contributed by atoms with Crippen molar-refractivity contribution in [1.29, 1.82) is 0 Å². The Bertz CT molecular complexity index is 989. The second-order valence-electron chi connectivity index (χ2n) is 8.58. The number of hydrogen-bond donors (Lipinski definition) is 1. The van der Waals surface area contributed by atoms with Crippen LogP contribution in [-0.2, 0) is 13.1 Å². The Kier molecular flexibility index (Phi) is 7.07. The summed E-state index contributed by atoms with van der Waals surface area (Å²) in [5.74, 6) is 0.772. The molecule has 0 bridgehead atoms. The molecule has 2 heterocycles. The number of aromatic nitrogens is 2. The zero-order chi connectivity index (χ0) is 21.6. The minimum Gasteiger partial charge on any atom is -0.396 e. The molecule has 1 aliphatic rings. The smallest absolute Gasteiger partial charge is 0.159 e. The van der Waals surface area contributed by atoms with Gasteiger partial charge < -0.3 is 5.11 Å². The summed E-state index contributed by atoms with van der Waals surface area (Å²) < 4.78 is 0. The van der Waals surface area contributed by atoms with Gasteiger partial charge >= 0.3 is 0 Å². The number of aliphatic hydroxyl groups is 1. The van der Waals surface area contributed by atoms with Crippen molar-refractivity contribution in [2.24, 2.45) is 0 Å². The van der Waals surface area contributed by atoms with Gasteiger partial charge in [-0.25, -0.2) is 9.97 Å². The molecule has 1 fully saturated rings. The van der Waals surface area contributed by atoms with Gasteiger partial charge in [-0.1, -0.05) is 48.0 Å². The molecule has 4 rings (SSSR count). The van der Waals surface area contributed by atoms with E-state index in [-0.39, 0.29) is 6.61 Å². The molecular weight excluding hydrogens is 384 g/mol. The lowest BCUT2D eigenvalue weighted by molar-refractivity contribution is 0.0498. The van der Waals surface area contributed by atoms with Crippen LogP contribution in [0.4, 0.5) is 0 Å². The van der Waals surface area contributed by atoms with Gasteiger partial charge in [0.05, 0.1) is 0 Å². The summed E-state index contributed by atoms with van der Waals surface area (Å²) in [7, 11) is 0. The highest BCUT2D eigenvalue weighted by molar-refractivity contribution is 5.55. The fourth-order valence-electron chi connectivity index (χ4n) is 4.37. The van der Waals surface area contributed by atoms with Crippen LogP contribution < -0.4 is 0 Å². The van der Waals surface area contributed by atoms with Crippen LogP contribution in [0.25, 0.3) is 11.4 Å². The Morgan fingerprint density at radius 3 is 2.52 bits per heavy atom. The van der Waals surface area contributed by atoms with Gasteiger partial charge in [-0.3, -0.25) is 9.80 Å². The van der Waals surface area contributed by atoms with Crippen molar-refractivity contribution in [1.82, 2.24) is 19.8 Å². The molecule has 162 valence electrons. The van der Waals surface area contributed by atoms with E-state index in [9.17, 15) is 5.11 Å². The molecule has 1 aromatic heterocycles. The number of benzene rings is 2. The quantitative estimate of drug-likeness (QED) is 0.634. The van der Waals surface area contributed by atoms with E-state index in [0.29, 0.717) is 6.04 Å². The van der Waals surface area contributed by atoms with E-state index in [2.05, 4.69) is 76.1 Å². The summed E-state index contributed by atoms with van der Waals surface area (Å²) in [5, 5.41) is 9.63. The van der Waals surface area contributed by atoms with Crippen molar-refractivity contribution in [3.63, 3.8) is 0 Å². The van der Waals surface area contributed by atoms with Gasteiger partial charge in [-0.05, 0) is 37.5 Å². The zero-order valence-electron chi connectivity index (χ0n) is 18.5.